The van der Waals surface area contributed by atoms with Crippen LogP contribution in [0.1, 0.15) is 30.2 Å². The Kier molecular flexibility index (Phi) is 3.00. The highest BCUT2D eigenvalue weighted by atomic mass is 32.1. The number of thiophene rings is 1. The van der Waals surface area contributed by atoms with Crippen LogP contribution in [0.15, 0.2) is 42.0 Å². The molecule has 1 unspecified atom stereocenters. The Balaban J connectivity index is 2.00. The van der Waals surface area contributed by atoms with Gasteiger partial charge in [0.15, 0.2) is 0 Å². The van der Waals surface area contributed by atoms with E-state index >= 15 is 0 Å². The molecule has 0 saturated heterocycles. The summed E-state index contributed by atoms with van der Waals surface area (Å²) in [6, 6.07) is 11.4. The van der Waals surface area contributed by atoms with Crippen LogP contribution < -0.4 is 5.32 Å². The fourth-order valence-corrected chi connectivity index (χ4v) is 3.83. The lowest BCUT2D eigenvalue weighted by Gasteiger charge is -2.15. The molecule has 0 radical (unpaired) electrons. The minimum absolute atomic E-state index is 0.426. The number of allylic oxidation sites excluding steroid dienone is 1. The van der Waals surface area contributed by atoms with E-state index in [-0.39, 0.29) is 0 Å². The summed E-state index contributed by atoms with van der Waals surface area (Å²) in [4.78, 5) is 1.45. The SMILES string of the molecule is CNC(C1=CCCC1)c1cc2ccccc2s1. The standard InChI is InChI=1S/C15H17NS/c1-16-15(11-6-2-3-7-11)14-10-12-8-4-5-9-13(12)17-14/h4-6,8-10,15-16H,2-3,7H2,1H3. The van der Waals surface area contributed by atoms with Gasteiger partial charge in [0.05, 0.1) is 6.04 Å². The molecular weight excluding hydrogens is 226 g/mol. The minimum atomic E-state index is 0.426. The molecule has 1 aliphatic rings. The third-order valence-corrected chi connectivity index (χ3v) is 4.65. The van der Waals surface area contributed by atoms with Crippen molar-refractivity contribution in [2.45, 2.75) is 25.3 Å². The lowest BCUT2D eigenvalue weighted by Crippen LogP contribution is -2.16. The second-order valence-corrected chi connectivity index (χ2v) is 5.69. The maximum Gasteiger partial charge on any atom is 0.0628 e. The van der Waals surface area contributed by atoms with Gasteiger partial charge in [0.1, 0.15) is 0 Å². The van der Waals surface area contributed by atoms with Crippen molar-refractivity contribution in [1.29, 1.82) is 0 Å². The molecule has 0 saturated carbocycles. The summed E-state index contributed by atoms with van der Waals surface area (Å²) in [6.07, 6.45) is 6.22. The predicted molar refractivity (Wildman–Crippen MR) is 75.6 cm³/mol. The summed E-state index contributed by atoms with van der Waals surface area (Å²) < 4.78 is 1.39. The molecule has 0 amide bonds. The Morgan fingerprint density at radius 3 is 2.88 bits per heavy atom. The molecule has 1 aromatic carbocycles. The van der Waals surface area contributed by atoms with Crippen LogP contribution in [0.3, 0.4) is 0 Å². The van der Waals surface area contributed by atoms with E-state index in [1.165, 1.54) is 34.2 Å². The Morgan fingerprint density at radius 2 is 2.18 bits per heavy atom. The summed E-state index contributed by atoms with van der Waals surface area (Å²) in [5.74, 6) is 0. The Bertz CT molecular complexity index is 520. The van der Waals surface area contributed by atoms with Crippen LogP contribution in [0.4, 0.5) is 0 Å². The van der Waals surface area contributed by atoms with Crippen LogP contribution in [0, 0.1) is 0 Å². The van der Waals surface area contributed by atoms with Gasteiger partial charge in [-0.1, -0.05) is 29.8 Å². The van der Waals surface area contributed by atoms with Crippen LogP contribution in [0.5, 0.6) is 0 Å². The molecular formula is C15H17NS. The summed E-state index contributed by atoms with van der Waals surface area (Å²) in [5, 5.41) is 4.83. The van der Waals surface area contributed by atoms with E-state index in [1.807, 2.05) is 11.3 Å². The molecule has 0 aliphatic heterocycles. The molecule has 0 spiro atoms. The average molecular weight is 243 g/mol. The molecule has 1 nitrogen and oxygen atoms in total. The van der Waals surface area contributed by atoms with Crippen molar-refractivity contribution < 1.29 is 0 Å². The zero-order valence-electron chi connectivity index (χ0n) is 10.1. The van der Waals surface area contributed by atoms with Crippen LogP contribution in [-0.2, 0) is 0 Å². The molecule has 0 bridgehead atoms. The fourth-order valence-electron chi connectivity index (χ4n) is 2.61. The third kappa shape index (κ3) is 2.03. The summed E-state index contributed by atoms with van der Waals surface area (Å²) >= 11 is 1.91. The van der Waals surface area contributed by atoms with Crippen molar-refractivity contribution in [2.24, 2.45) is 0 Å². The fraction of sp³-hybridized carbons (Fsp3) is 0.333. The van der Waals surface area contributed by atoms with Crippen molar-refractivity contribution >= 4 is 21.4 Å². The summed E-state index contributed by atoms with van der Waals surface area (Å²) in [5.41, 5.74) is 1.57. The molecule has 1 atom stereocenters. The van der Waals surface area contributed by atoms with Crippen LogP contribution in [0.25, 0.3) is 10.1 Å². The third-order valence-electron chi connectivity index (χ3n) is 3.46. The van der Waals surface area contributed by atoms with Crippen LogP contribution >= 0.6 is 11.3 Å². The quantitative estimate of drug-likeness (QED) is 0.794. The van der Waals surface area contributed by atoms with Gasteiger partial charge < -0.3 is 5.32 Å². The Labute approximate surface area is 106 Å². The second kappa shape index (κ2) is 4.63. The van der Waals surface area contributed by atoms with Gasteiger partial charge >= 0.3 is 0 Å². The van der Waals surface area contributed by atoms with Crippen molar-refractivity contribution in [3.05, 3.63) is 46.9 Å². The van der Waals surface area contributed by atoms with E-state index < -0.39 is 0 Å². The van der Waals surface area contributed by atoms with E-state index in [4.69, 9.17) is 0 Å². The monoisotopic (exact) mass is 243 g/mol. The van der Waals surface area contributed by atoms with E-state index in [1.54, 1.807) is 5.57 Å². The zero-order valence-corrected chi connectivity index (χ0v) is 10.9. The van der Waals surface area contributed by atoms with Gasteiger partial charge in [-0.2, -0.15) is 0 Å². The van der Waals surface area contributed by atoms with Gasteiger partial charge in [0.2, 0.25) is 0 Å². The maximum atomic E-state index is 3.46. The van der Waals surface area contributed by atoms with Gasteiger partial charge in [-0.25, -0.2) is 0 Å². The summed E-state index contributed by atoms with van der Waals surface area (Å²) in [6.45, 7) is 0. The van der Waals surface area contributed by atoms with Gasteiger partial charge in [0, 0.05) is 9.58 Å². The van der Waals surface area contributed by atoms with Crippen molar-refractivity contribution in [1.82, 2.24) is 5.32 Å². The van der Waals surface area contributed by atoms with Gasteiger partial charge in [-0.15, -0.1) is 11.3 Å². The Hall–Kier alpha value is -1.12. The minimum Gasteiger partial charge on any atom is -0.309 e. The Morgan fingerprint density at radius 1 is 1.29 bits per heavy atom. The summed E-state index contributed by atoms with van der Waals surface area (Å²) in [7, 11) is 2.06. The van der Waals surface area contributed by atoms with Gasteiger partial charge in [-0.05, 0) is 43.8 Å². The molecule has 2 heteroatoms. The number of hydrogen-bond acceptors (Lipinski definition) is 2. The van der Waals surface area contributed by atoms with E-state index in [0.29, 0.717) is 6.04 Å². The van der Waals surface area contributed by atoms with Gasteiger partial charge in [0.25, 0.3) is 0 Å². The van der Waals surface area contributed by atoms with Crippen molar-refractivity contribution in [3.63, 3.8) is 0 Å². The van der Waals surface area contributed by atoms with E-state index in [0.717, 1.165) is 0 Å². The molecule has 17 heavy (non-hydrogen) atoms. The molecule has 0 fully saturated rings. The first-order valence-corrected chi connectivity index (χ1v) is 7.05. The van der Waals surface area contributed by atoms with Crippen molar-refractivity contribution in [2.75, 3.05) is 7.05 Å². The number of likely N-dealkylation sites (N-methyl/N-ethyl adjacent to an activating group) is 1. The molecule has 3 rings (SSSR count). The predicted octanol–water partition coefficient (Wildman–Crippen LogP) is 4.27. The normalized spacial score (nSPS) is 17.4. The highest BCUT2D eigenvalue weighted by Gasteiger charge is 2.19. The highest BCUT2D eigenvalue weighted by molar-refractivity contribution is 7.19. The van der Waals surface area contributed by atoms with Crippen LogP contribution in [-0.4, -0.2) is 7.05 Å². The number of benzene rings is 1. The van der Waals surface area contributed by atoms with Crippen LogP contribution in [0.2, 0.25) is 0 Å². The van der Waals surface area contributed by atoms with Crippen molar-refractivity contribution in [3.8, 4) is 0 Å². The number of rotatable bonds is 3. The topological polar surface area (TPSA) is 12.0 Å². The first-order chi connectivity index (χ1) is 8.38. The number of hydrogen-bond donors (Lipinski definition) is 1. The molecule has 2 aromatic rings. The molecule has 1 aromatic heterocycles. The first kappa shape index (κ1) is 11.0. The average Bonchev–Trinajstić information content (AvgIpc) is 2.98. The number of fused-ring (bicyclic) bond motifs is 1. The molecule has 1 heterocycles. The lowest BCUT2D eigenvalue weighted by molar-refractivity contribution is 0.666. The van der Waals surface area contributed by atoms with Gasteiger partial charge in [-0.3, -0.25) is 0 Å². The molecule has 1 N–H and O–H groups in total. The van der Waals surface area contributed by atoms with E-state index in [9.17, 15) is 0 Å². The maximum absolute atomic E-state index is 3.46. The number of nitrogens with one attached hydrogen (secondary N) is 1. The first-order valence-electron chi connectivity index (χ1n) is 6.23. The second-order valence-electron chi connectivity index (χ2n) is 4.58. The molecule has 1 aliphatic carbocycles. The zero-order chi connectivity index (χ0) is 11.7. The molecule has 88 valence electrons. The highest BCUT2D eigenvalue weighted by Crippen LogP contribution is 2.36. The van der Waals surface area contributed by atoms with E-state index in [2.05, 4.69) is 48.8 Å². The smallest absolute Gasteiger partial charge is 0.0628 e. The lowest BCUT2D eigenvalue weighted by atomic mass is 10.0. The largest absolute Gasteiger partial charge is 0.309 e.